The van der Waals surface area contributed by atoms with E-state index in [0.29, 0.717) is 16.7 Å². The van der Waals surface area contributed by atoms with Gasteiger partial charge in [0, 0.05) is 30.6 Å². The van der Waals surface area contributed by atoms with Crippen molar-refractivity contribution in [3.05, 3.63) is 35.9 Å². The third-order valence-electron chi connectivity index (χ3n) is 5.54. The van der Waals surface area contributed by atoms with Crippen molar-refractivity contribution in [2.24, 2.45) is 0 Å². The van der Waals surface area contributed by atoms with E-state index in [4.69, 9.17) is 0 Å². The fourth-order valence-corrected chi connectivity index (χ4v) is 4.82. The predicted molar refractivity (Wildman–Crippen MR) is 116 cm³/mol. The second-order valence-corrected chi connectivity index (χ2v) is 8.97. The van der Waals surface area contributed by atoms with Gasteiger partial charge in [0.1, 0.15) is 11.6 Å². The van der Waals surface area contributed by atoms with Crippen molar-refractivity contribution < 1.29 is 18.8 Å². The van der Waals surface area contributed by atoms with Crippen molar-refractivity contribution in [2.75, 3.05) is 5.75 Å². The van der Waals surface area contributed by atoms with Gasteiger partial charge in [-0.05, 0) is 37.1 Å². The largest absolute Gasteiger partial charge is 0.353 e. The summed E-state index contributed by atoms with van der Waals surface area (Å²) in [7, 11) is 0. The Kier molecular flexibility index (Phi) is 7.03. The standard InChI is InChI=1S/C21H25FN6O3S/c22-13-6-8-16(9-7-13)28-17(10-15-11-18(29)25-20(31)24-15)26-27-21(28)32-12-19(30)23-14-4-2-1-3-5-14/h6-9,14-15H,1-5,10-12H2,(H,23,30)(H2,24,25,29,31). The number of carbonyl (C=O) groups is 3. The average Bonchev–Trinajstić information content (AvgIpc) is 3.15. The second-order valence-electron chi connectivity index (χ2n) is 8.03. The SMILES string of the molecule is O=C1CC(Cc2nnc(SCC(=O)NC3CCCCC3)n2-c2ccc(F)cc2)NC(=O)N1. The molecule has 0 spiro atoms. The molecule has 1 aliphatic heterocycles. The summed E-state index contributed by atoms with van der Waals surface area (Å²) < 4.78 is 15.2. The molecule has 2 fully saturated rings. The van der Waals surface area contributed by atoms with Gasteiger partial charge in [-0.2, -0.15) is 0 Å². The number of hydrogen-bond donors (Lipinski definition) is 3. The Morgan fingerprint density at radius 1 is 1.16 bits per heavy atom. The predicted octanol–water partition coefficient (Wildman–Crippen LogP) is 2.09. The van der Waals surface area contributed by atoms with Crippen LogP contribution in [0.4, 0.5) is 9.18 Å². The summed E-state index contributed by atoms with van der Waals surface area (Å²) in [5, 5.41) is 16.9. The Labute approximate surface area is 188 Å². The number of nitrogens with one attached hydrogen (secondary N) is 3. The van der Waals surface area contributed by atoms with Gasteiger partial charge in [-0.1, -0.05) is 31.0 Å². The summed E-state index contributed by atoms with van der Waals surface area (Å²) in [4.78, 5) is 35.8. The van der Waals surface area contributed by atoms with Crippen molar-refractivity contribution in [1.82, 2.24) is 30.7 Å². The minimum absolute atomic E-state index is 0.0617. The monoisotopic (exact) mass is 460 g/mol. The number of urea groups is 1. The van der Waals surface area contributed by atoms with Crippen LogP contribution in [-0.4, -0.2) is 50.4 Å². The zero-order valence-corrected chi connectivity index (χ0v) is 18.3. The molecule has 1 atom stereocenters. The van der Waals surface area contributed by atoms with Crippen molar-refractivity contribution in [2.45, 2.75) is 62.2 Å². The van der Waals surface area contributed by atoms with E-state index < -0.39 is 12.1 Å². The smallest absolute Gasteiger partial charge is 0.321 e. The van der Waals surface area contributed by atoms with Gasteiger partial charge < -0.3 is 10.6 Å². The fourth-order valence-electron chi connectivity index (χ4n) is 4.04. The first-order chi connectivity index (χ1) is 15.5. The lowest BCUT2D eigenvalue weighted by Crippen LogP contribution is -2.53. The lowest BCUT2D eigenvalue weighted by atomic mass is 9.95. The summed E-state index contributed by atoms with van der Waals surface area (Å²) in [6.07, 6.45) is 5.88. The molecule has 0 bridgehead atoms. The first-order valence-corrected chi connectivity index (χ1v) is 11.7. The van der Waals surface area contributed by atoms with Gasteiger partial charge >= 0.3 is 6.03 Å². The lowest BCUT2D eigenvalue weighted by molar-refractivity contribution is -0.121. The van der Waals surface area contributed by atoms with Crippen LogP contribution in [0.25, 0.3) is 5.69 Å². The number of amides is 4. The number of rotatable bonds is 7. The van der Waals surface area contributed by atoms with Crippen LogP contribution in [-0.2, 0) is 16.0 Å². The summed E-state index contributed by atoms with van der Waals surface area (Å²) in [5.74, 6) is -0.111. The van der Waals surface area contributed by atoms with Crippen LogP contribution < -0.4 is 16.0 Å². The Morgan fingerprint density at radius 3 is 2.62 bits per heavy atom. The normalized spacial score (nSPS) is 19.3. The van der Waals surface area contributed by atoms with Crippen LogP contribution in [0.5, 0.6) is 0 Å². The number of halogens is 1. The second kappa shape index (κ2) is 10.1. The molecule has 1 aromatic carbocycles. The number of carbonyl (C=O) groups excluding carboxylic acids is 3. The minimum Gasteiger partial charge on any atom is -0.353 e. The molecule has 2 heterocycles. The lowest BCUT2D eigenvalue weighted by Gasteiger charge is -2.23. The summed E-state index contributed by atoms with van der Waals surface area (Å²) in [5.41, 5.74) is 0.633. The van der Waals surface area contributed by atoms with Gasteiger partial charge in [-0.25, -0.2) is 9.18 Å². The number of thioether (sulfide) groups is 1. The highest BCUT2D eigenvalue weighted by atomic mass is 32.2. The van der Waals surface area contributed by atoms with E-state index >= 15 is 0 Å². The van der Waals surface area contributed by atoms with Gasteiger partial charge in [-0.3, -0.25) is 19.5 Å². The van der Waals surface area contributed by atoms with Crippen LogP contribution in [0.1, 0.15) is 44.3 Å². The Hall–Kier alpha value is -2.95. The molecule has 32 heavy (non-hydrogen) atoms. The third-order valence-corrected chi connectivity index (χ3v) is 6.47. The van der Waals surface area contributed by atoms with Crippen molar-refractivity contribution in [3.63, 3.8) is 0 Å². The van der Waals surface area contributed by atoms with Crippen molar-refractivity contribution in [1.29, 1.82) is 0 Å². The molecule has 1 saturated heterocycles. The van der Waals surface area contributed by atoms with Crippen LogP contribution >= 0.6 is 11.8 Å². The van der Waals surface area contributed by atoms with E-state index in [2.05, 4.69) is 26.1 Å². The molecule has 11 heteroatoms. The third kappa shape index (κ3) is 5.64. The summed E-state index contributed by atoms with van der Waals surface area (Å²) >= 11 is 1.24. The van der Waals surface area contributed by atoms with Crippen LogP contribution in [0.15, 0.2) is 29.4 Å². The number of hydrogen-bond acceptors (Lipinski definition) is 6. The molecule has 3 N–H and O–H groups in total. The summed E-state index contributed by atoms with van der Waals surface area (Å²) in [6.45, 7) is 0. The first kappa shape index (κ1) is 22.3. The van der Waals surface area contributed by atoms with Crippen LogP contribution in [0, 0.1) is 5.82 Å². The molecule has 170 valence electrons. The maximum atomic E-state index is 13.5. The molecule has 1 aliphatic carbocycles. The molecule has 4 amide bonds. The molecule has 2 aliphatic rings. The van der Waals surface area contributed by atoms with Gasteiger partial charge in [-0.15, -0.1) is 10.2 Å². The molecule has 1 aromatic heterocycles. The maximum absolute atomic E-state index is 13.5. The Bertz CT molecular complexity index is 974. The number of benzene rings is 1. The van der Waals surface area contributed by atoms with Gasteiger partial charge in [0.25, 0.3) is 0 Å². The number of aromatic nitrogens is 3. The summed E-state index contributed by atoms with van der Waals surface area (Å²) in [6, 6.07) is 5.10. The molecular formula is C21H25FN6O3S. The molecular weight excluding hydrogens is 435 g/mol. The molecule has 1 saturated carbocycles. The highest BCUT2D eigenvalue weighted by molar-refractivity contribution is 7.99. The van der Waals surface area contributed by atoms with E-state index in [-0.39, 0.29) is 42.3 Å². The zero-order valence-electron chi connectivity index (χ0n) is 17.5. The Balaban J connectivity index is 1.49. The fraction of sp³-hybridized carbons (Fsp3) is 0.476. The molecule has 1 unspecified atom stereocenters. The number of imide groups is 1. The van der Waals surface area contributed by atoms with Crippen LogP contribution in [0.2, 0.25) is 0 Å². The molecule has 0 radical (unpaired) electrons. The zero-order chi connectivity index (χ0) is 22.5. The molecule has 9 nitrogen and oxygen atoms in total. The van der Waals surface area contributed by atoms with Gasteiger partial charge in [0.2, 0.25) is 11.8 Å². The maximum Gasteiger partial charge on any atom is 0.321 e. The highest BCUT2D eigenvalue weighted by Gasteiger charge is 2.27. The van der Waals surface area contributed by atoms with E-state index in [1.54, 1.807) is 16.7 Å². The van der Waals surface area contributed by atoms with Crippen molar-refractivity contribution in [3.8, 4) is 5.69 Å². The average molecular weight is 461 g/mol. The van der Waals surface area contributed by atoms with Gasteiger partial charge in [0.15, 0.2) is 5.16 Å². The van der Waals surface area contributed by atoms with Crippen LogP contribution in [0.3, 0.4) is 0 Å². The van der Waals surface area contributed by atoms with E-state index in [9.17, 15) is 18.8 Å². The molecule has 2 aromatic rings. The van der Waals surface area contributed by atoms with Gasteiger partial charge in [0.05, 0.1) is 5.75 Å². The van der Waals surface area contributed by atoms with Crippen molar-refractivity contribution >= 4 is 29.6 Å². The first-order valence-electron chi connectivity index (χ1n) is 10.7. The number of nitrogens with zero attached hydrogens (tertiary/aromatic N) is 3. The highest BCUT2D eigenvalue weighted by Crippen LogP contribution is 2.24. The quantitative estimate of drug-likeness (QED) is 0.545. The van der Waals surface area contributed by atoms with E-state index in [1.807, 2.05) is 0 Å². The molecule has 4 rings (SSSR count). The van der Waals surface area contributed by atoms with E-state index in [1.165, 1.54) is 30.3 Å². The minimum atomic E-state index is -0.548. The van der Waals surface area contributed by atoms with E-state index in [0.717, 1.165) is 25.7 Å². The Morgan fingerprint density at radius 2 is 1.91 bits per heavy atom. The topological polar surface area (TPSA) is 118 Å².